The molecular formula is C15H21NO6. The summed E-state index contributed by atoms with van der Waals surface area (Å²) in [6.07, 6.45) is 0.328. The molecule has 0 N–H and O–H groups in total. The number of benzene rings is 1. The Morgan fingerprint density at radius 2 is 2.00 bits per heavy atom. The number of hydrogen-bond acceptors (Lipinski definition) is 6. The van der Waals surface area contributed by atoms with Crippen molar-refractivity contribution in [3.8, 4) is 0 Å². The molecule has 0 saturated carbocycles. The third-order valence-corrected chi connectivity index (χ3v) is 3.91. The topological polar surface area (TPSA) is 80.1 Å². The average Bonchev–Trinajstić information content (AvgIpc) is 2.56. The molecule has 7 heteroatoms. The maximum Gasteiger partial charge on any atom is 0.269 e. The molecular weight excluding hydrogens is 290 g/mol. The van der Waals surface area contributed by atoms with Crippen LogP contribution in [0.1, 0.15) is 24.5 Å². The molecule has 1 aliphatic heterocycles. The Labute approximate surface area is 129 Å². The van der Waals surface area contributed by atoms with E-state index in [2.05, 4.69) is 0 Å². The first-order valence-electron chi connectivity index (χ1n) is 7.09. The third kappa shape index (κ3) is 3.61. The van der Waals surface area contributed by atoms with E-state index in [9.17, 15) is 10.1 Å². The second kappa shape index (κ2) is 7.64. The number of nitrogens with zero attached hydrogens (tertiary/aromatic N) is 1. The molecule has 122 valence electrons. The van der Waals surface area contributed by atoms with Gasteiger partial charge in [-0.1, -0.05) is 12.1 Å². The zero-order chi connectivity index (χ0) is 16.1. The summed E-state index contributed by atoms with van der Waals surface area (Å²) in [7, 11) is 4.72. The molecule has 0 bridgehead atoms. The van der Waals surface area contributed by atoms with Gasteiger partial charge in [-0.25, -0.2) is 0 Å². The van der Waals surface area contributed by atoms with Crippen LogP contribution in [0.25, 0.3) is 0 Å². The zero-order valence-corrected chi connectivity index (χ0v) is 12.9. The molecule has 3 atom stereocenters. The summed E-state index contributed by atoms with van der Waals surface area (Å²) in [6.45, 7) is 0. The third-order valence-electron chi connectivity index (χ3n) is 3.91. The van der Waals surface area contributed by atoms with Crippen LogP contribution in [0.5, 0.6) is 0 Å². The number of nitro groups is 1. The Hall–Kier alpha value is -1.54. The van der Waals surface area contributed by atoms with Crippen molar-refractivity contribution < 1.29 is 23.9 Å². The highest BCUT2D eigenvalue weighted by atomic mass is 16.7. The molecule has 1 saturated heterocycles. The molecule has 7 nitrogen and oxygen atoms in total. The quantitative estimate of drug-likeness (QED) is 0.456. The van der Waals surface area contributed by atoms with Crippen molar-refractivity contribution in [1.29, 1.82) is 0 Å². The Balaban J connectivity index is 2.31. The first kappa shape index (κ1) is 16.8. The minimum absolute atomic E-state index is 0.0331. The number of methoxy groups -OCH3 is 3. The lowest BCUT2D eigenvalue weighted by molar-refractivity contribution is -0.385. The van der Waals surface area contributed by atoms with Crippen molar-refractivity contribution in [2.75, 3.05) is 21.3 Å². The predicted octanol–water partition coefficient (Wildman–Crippen LogP) is 2.65. The summed E-state index contributed by atoms with van der Waals surface area (Å²) in [5.74, 6) is -0.0663. The van der Waals surface area contributed by atoms with E-state index >= 15 is 0 Å². The van der Waals surface area contributed by atoms with Crippen molar-refractivity contribution in [3.05, 3.63) is 39.9 Å². The zero-order valence-electron chi connectivity index (χ0n) is 12.9. The minimum Gasteiger partial charge on any atom is -0.356 e. The molecule has 1 heterocycles. The number of hydrogen-bond donors (Lipinski definition) is 0. The lowest BCUT2D eigenvalue weighted by Crippen LogP contribution is -2.38. The van der Waals surface area contributed by atoms with Gasteiger partial charge in [0.05, 0.1) is 11.0 Å². The summed E-state index contributed by atoms with van der Waals surface area (Å²) >= 11 is 0. The summed E-state index contributed by atoms with van der Waals surface area (Å²) in [5, 5.41) is 11.0. The fourth-order valence-electron chi connectivity index (χ4n) is 2.85. The van der Waals surface area contributed by atoms with Crippen LogP contribution >= 0.6 is 0 Å². The van der Waals surface area contributed by atoms with E-state index in [0.29, 0.717) is 0 Å². The van der Waals surface area contributed by atoms with Gasteiger partial charge in [0.15, 0.2) is 12.6 Å². The van der Waals surface area contributed by atoms with Gasteiger partial charge < -0.3 is 18.9 Å². The van der Waals surface area contributed by atoms with Gasteiger partial charge in [0.2, 0.25) is 0 Å². The van der Waals surface area contributed by atoms with E-state index in [1.54, 1.807) is 27.4 Å². The summed E-state index contributed by atoms with van der Waals surface area (Å²) in [5.41, 5.74) is 0.755. The molecule has 0 spiro atoms. The highest BCUT2D eigenvalue weighted by molar-refractivity contribution is 5.35. The van der Waals surface area contributed by atoms with Gasteiger partial charge in [0.25, 0.3) is 5.69 Å². The lowest BCUT2D eigenvalue weighted by Gasteiger charge is -2.38. The van der Waals surface area contributed by atoms with Crippen molar-refractivity contribution >= 4 is 5.69 Å². The van der Waals surface area contributed by atoms with E-state index < -0.39 is 11.2 Å². The number of non-ortho nitro benzene ring substituents is 1. The maximum absolute atomic E-state index is 11.0. The lowest BCUT2D eigenvalue weighted by atomic mass is 9.88. The second-order valence-electron chi connectivity index (χ2n) is 5.16. The second-order valence-corrected chi connectivity index (χ2v) is 5.16. The van der Waals surface area contributed by atoms with Crippen LogP contribution in [0, 0.1) is 16.0 Å². The molecule has 0 aromatic heterocycles. The van der Waals surface area contributed by atoms with Gasteiger partial charge in [-0.15, -0.1) is 0 Å². The van der Waals surface area contributed by atoms with Gasteiger partial charge >= 0.3 is 0 Å². The van der Waals surface area contributed by atoms with Crippen molar-refractivity contribution in [3.63, 3.8) is 0 Å². The Bertz CT molecular complexity index is 505. The molecule has 22 heavy (non-hydrogen) atoms. The van der Waals surface area contributed by atoms with Crippen molar-refractivity contribution in [2.45, 2.75) is 31.5 Å². The molecule has 1 unspecified atom stereocenters. The first-order valence-corrected chi connectivity index (χ1v) is 7.09. The molecule has 0 amide bonds. The highest BCUT2D eigenvalue weighted by Crippen LogP contribution is 2.40. The molecule has 1 aromatic rings. The summed E-state index contributed by atoms with van der Waals surface area (Å²) < 4.78 is 21.9. The standard InChI is InChI=1S/C15H21NO6/c1-19-13-8-7-12(15(20-2)21-3)14(22-13)10-5-4-6-11(9-10)16(17)18/h4-6,9,12-15H,7-8H2,1-3H3/t12-,13?,14-/m0/s1. The highest BCUT2D eigenvalue weighted by Gasteiger charge is 2.38. The van der Waals surface area contributed by atoms with Gasteiger partial charge in [-0.2, -0.15) is 0 Å². The van der Waals surface area contributed by atoms with Gasteiger partial charge in [0, 0.05) is 39.4 Å². The fraction of sp³-hybridized carbons (Fsp3) is 0.600. The van der Waals surface area contributed by atoms with E-state index in [1.165, 1.54) is 12.1 Å². The molecule has 2 rings (SSSR count). The van der Waals surface area contributed by atoms with Crippen LogP contribution in [-0.2, 0) is 18.9 Å². The molecule has 0 aliphatic carbocycles. The largest absolute Gasteiger partial charge is 0.356 e. The van der Waals surface area contributed by atoms with Crippen molar-refractivity contribution in [1.82, 2.24) is 0 Å². The van der Waals surface area contributed by atoms with Crippen LogP contribution in [0.2, 0.25) is 0 Å². The van der Waals surface area contributed by atoms with Crippen LogP contribution < -0.4 is 0 Å². The predicted molar refractivity (Wildman–Crippen MR) is 78.2 cm³/mol. The number of ether oxygens (including phenoxy) is 4. The number of rotatable bonds is 6. The van der Waals surface area contributed by atoms with Gasteiger partial charge in [-0.05, 0) is 18.4 Å². The smallest absolute Gasteiger partial charge is 0.269 e. The Morgan fingerprint density at radius 1 is 1.27 bits per heavy atom. The maximum atomic E-state index is 11.0. The first-order chi connectivity index (χ1) is 10.6. The van der Waals surface area contributed by atoms with E-state index in [0.717, 1.165) is 18.4 Å². The monoisotopic (exact) mass is 311 g/mol. The van der Waals surface area contributed by atoms with Crippen molar-refractivity contribution in [2.24, 2.45) is 5.92 Å². The van der Waals surface area contributed by atoms with Crippen LogP contribution in [0.3, 0.4) is 0 Å². The van der Waals surface area contributed by atoms with Crippen LogP contribution in [-0.4, -0.2) is 38.8 Å². The van der Waals surface area contributed by atoms with Crippen LogP contribution in [0.4, 0.5) is 5.69 Å². The summed E-state index contributed by atoms with van der Waals surface area (Å²) in [4.78, 5) is 10.6. The fourth-order valence-corrected chi connectivity index (χ4v) is 2.85. The molecule has 0 radical (unpaired) electrons. The normalized spacial score (nSPS) is 25.4. The van der Waals surface area contributed by atoms with E-state index in [4.69, 9.17) is 18.9 Å². The Morgan fingerprint density at radius 3 is 2.59 bits per heavy atom. The molecule has 1 aromatic carbocycles. The van der Waals surface area contributed by atoms with Gasteiger partial charge in [-0.3, -0.25) is 10.1 Å². The van der Waals surface area contributed by atoms with E-state index in [-0.39, 0.29) is 24.0 Å². The molecule has 1 aliphatic rings. The average molecular weight is 311 g/mol. The Kier molecular flexibility index (Phi) is 5.84. The molecule has 1 fully saturated rings. The SMILES string of the molecule is COC1CC[C@H](C(OC)OC)[C@H](c2cccc([N+](=O)[O-])c2)O1. The minimum atomic E-state index is -0.443. The number of nitro benzene ring substituents is 1. The van der Waals surface area contributed by atoms with E-state index in [1.807, 2.05) is 6.07 Å². The van der Waals surface area contributed by atoms with Crippen LogP contribution in [0.15, 0.2) is 24.3 Å². The van der Waals surface area contributed by atoms with Gasteiger partial charge in [0.1, 0.15) is 0 Å². The summed E-state index contributed by atoms with van der Waals surface area (Å²) in [6, 6.07) is 6.45.